The van der Waals surface area contributed by atoms with Crippen LogP contribution < -0.4 is 0 Å². The van der Waals surface area contributed by atoms with Crippen LogP contribution in [0.5, 0.6) is 0 Å². The first-order valence-electron chi connectivity index (χ1n) is 8.21. The number of benzene rings is 2. The SMILES string of the molecule is Cc1ccc(CCc2ccc(C3C=CC(O)CC3)cc2)cc1. The highest BCUT2D eigenvalue weighted by Gasteiger charge is 2.15. The molecule has 114 valence electrons. The lowest BCUT2D eigenvalue weighted by molar-refractivity contribution is 0.201. The highest BCUT2D eigenvalue weighted by atomic mass is 16.3. The summed E-state index contributed by atoms with van der Waals surface area (Å²) >= 11 is 0. The third-order valence-electron chi connectivity index (χ3n) is 4.57. The van der Waals surface area contributed by atoms with E-state index < -0.39 is 0 Å². The maximum Gasteiger partial charge on any atom is 0.0721 e. The minimum Gasteiger partial charge on any atom is -0.389 e. The number of aliphatic hydroxyl groups is 1. The Balaban J connectivity index is 1.59. The third kappa shape index (κ3) is 3.86. The van der Waals surface area contributed by atoms with Gasteiger partial charge in [0.15, 0.2) is 0 Å². The fourth-order valence-corrected chi connectivity index (χ4v) is 3.06. The predicted molar refractivity (Wildman–Crippen MR) is 92.2 cm³/mol. The quantitative estimate of drug-likeness (QED) is 0.818. The molecule has 0 amide bonds. The molecule has 2 aromatic carbocycles. The summed E-state index contributed by atoms with van der Waals surface area (Å²) in [6, 6.07) is 17.8. The number of aryl methyl sites for hydroxylation is 3. The average Bonchev–Trinajstić information content (AvgIpc) is 2.56. The molecule has 0 heterocycles. The molecule has 0 bridgehead atoms. The topological polar surface area (TPSA) is 20.2 Å². The fourth-order valence-electron chi connectivity index (χ4n) is 3.06. The van der Waals surface area contributed by atoms with Crippen molar-refractivity contribution >= 4 is 0 Å². The van der Waals surface area contributed by atoms with Gasteiger partial charge in [-0.1, -0.05) is 66.2 Å². The molecule has 1 aliphatic carbocycles. The van der Waals surface area contributed by atoms with Crippen molar-refractivity contribution < 1.29 is 5.11 Å². The lowest BCUT2D eigenvalue weighted by atomic mass is 9.87. The zero-order valence-corrected chi connectivity index (χ0v) is 13.2. The minimum atomic E-state index is -0.245. The van der Waals surface area contributed by atoms with Gasteiger partial charge in [-0.15, -0.1) is 0 Å². The minimum absolute atomic E-state index is 0.245. The predicted octanol–water partition coefficient (Wildman–Crippen LogP) is 4.57. The summed E-state index contributed by atoms with van der Waals surface area (Å²) in [7, 11) is 0. The van der Waals surface area contributed by atoms with Gasteiger partial charge in [-0.2, -0.15) is 0 Å². The Morgan fingerprint density at radius 1 is 0.818 bits per heavy atom. The van der Waals surface area contributed by atoms with Gasteiger partial charge in [0.05, 0.1) is 6.10 Å². The molecule has 0 aromatic heterocycles. The van der Waals surface area contributed by atoms with Crippen molar-refractivity contribution in [3.8, 4) is 0 Å². The second kappa shape index (κ2) is 6.93. The molecule has 1 nitrogen and oxygen atoms in total. The zero-order chi connectivity index (χ0) is 15.4. The molecule has 2 unspecified atom stereocenters. The molecule has 0 aliphatic heterocycles. The van der Waals surface area contributed by atoms with E-state index in [1.807, 2.05) is 6.08 Å². The molecule has 0 fully saturated rings. The van der Waals surface area contributed by atoms with Crippen LogP contribution in [0.4, 0.5) is 0 Å². The Bertz CT molecular complexity index is 622. The molecule has 1 aliphatic rings. The highest BCUT2D eigenvalue weighted by molar-refractivity contribution is 5.30. The first-order chi connectivity index (χ1) is 10.7. The van der Waals surface area contributed by atoms with Gasteiger partial charge in [0.2, 0.25) is 0 Å². The summed E-state index contributed by atoms with van der Waals surface area (Å²) in [5, 5.41) is 9.53. The fraction of sp³-hybridized carbons (Fsp3) is 0.333. The normalized spacial score (nSPS) is 21.0. The van der Waals surface area contributed by atoms with Gasteiger partial charge in [-0.3, -0.25) is 0 Å². The van der Waals surface area contributed by atoms with E-state index in [1.54, 1.807) is 0 Å². The van der Waals surface area contributed by atoms with Gasteiger partial charge >= 0.3 is 0 Å². The van der Waals surface area contributed by atoms with E-state index in [1.165, 1.54) is 22.3 Å². The second-order valence-corrected chi connectivity index (χ2v) is 6.36. The second-order valence-electron chi connectivity index (χ2n) is 6.36. The summed E-state index contributed by atoms with van der Waals surface area (Å²) in [6.07, 6.45) is 7.92. The van der Waals surface area contributed by atoms with E-state index >= 15 is 0 Å². The Labute approximate surface area is 133 Å². The van der Waals surface area contributed by atoms with Crippen molar-refractivity contribution in [2.75, 3.05) is 0 Å². The van der Waals surface area contributed by atoms with Gasteiger partial charge in [0.1, 0.15) is 0 Å². The maximum absolute atomic E-state index is 9.53. The highest BCUT2D eigenvalue weighted by Crippen LogP contribution is 2.28. The molecule has 0 saturated carbocycles. The van der Waals surface area contributed by atoms with Crippen molar-refractivity contribution in [2.45, 2.75) is 44.6 Å². The summed E-state index contributed by atoms with van der Waals surface area (Å²) in [4.78, 5) is 0. The molecular weight excluding hydrogens is 268 g/mol. The largest absolute Gasteiger partial charge is 0.389 e. The van der Waals surface area contributed by atoms with Crippen LogP contribution in [-0.2, 0) is 12.8 Å². The van der Waals surface area contributed by atoms with Crippen LogP contribution in [-0.4, -0.2) is 11.2 Å². The van der Waals surface area contributed by atoms with Crippen molar-refractivity contribution in [1.82, 2.24) is 0 Å². The average molecular weight is 292 g/mol. The van der Waals surface area contributed by atoms with E-state index in [2.05, 4.69) is 61.5 Å². The number of hydrogen-bond acceptors (Lipinski definition) is 1. The van der Waals surface area contributed by atoms with E-state index in [4.69, 9.17) is 0 Å². The molecule has 0 radical (unpaired) electrons. The van der Waals surface area contributed by atoms with Gasteiger partial charge in [-0.25, -0.2) is 0 Å². The Morgan fingerprint density at radius 3 is 1.95 bits per heavy atom. The van der Waals surface area contributed by atoms with Crippen molar-refractivity contribution in [3.05, 3.63) is 82.9 Å². The number of aliphatic hydroxyl groups excluding tert-OH is 1. The molecule has 2 aromatic rings. The molecule has 3 rings (SSSR count). The van der Waals surface area contributed by atoms with Crippen LogP contribution in [0.25, 0.3) is 0 Å². The maximum atomic E-state index is 9.53. The molecule has 22 heavy (non-hydrogen) atoms. The van der Waals surface area contributed by atoms with Crippen LogP contribution in [0.1, 0.15) is 41.0 Å². The lowest BCUT2D eigenvalue weighted by Gasteiger charge is -2.20. The van der Waals surface area contributed by atoms with Crippen LogP contribution in [0, 0.1) is 6.92 Å². The molecular formula is C21H24O. The van der Waals surface area contributed by atoms with Gasteiger partial charge in [-0.05, 0) is 49.3 Å². The summed E-state index contributed by atoms with van der Waals surface area (Å²) in [5.74, 6) is 0.467. The van der Waals surface area contributed by atoms with Crippen molar-refractivity contribution in [1.29, 1.82) is 0 Å². The number of allylic oxidation sites excluding steroid dienone is 1. The van der Waals surface area contributed by atoms with Crippen LogP contribution in [0.2, 0.25) is 0 Å². The van der Waals surface area contributed by atoms with E-state index in [0.717, 1.165) is 25.7 Å². The van der Waals surface area contributed by atoms with Crippen LogP contribution in [0.3, 0.4) is 0 Å². The third-order valence-corrected chi connectivity index (χ3v) is 4.57. The van der Waals surface area contributed by atoms with Gasteiger partial charge in [0.25, 0.3) is 0 Å². The number of rotatable bonds is 4. The standard InChI is InChI=1S/C21H24O/c1-16-2-4-17(5-3-16)6-7-18-8-10-19(11-9-18)20-12-14-21(22)15-13-20/h2-5,8-12,14,20-22H,6-7,13,15H2,1H3. The number of hydrogen-bond donors (Lipinski definition) is 1. The summed E-state index contributed by atoms with van der Waals surface area (Å²) in [6.45, 7) is 2.13. The molecule has 0 spiro atoms. The van der Waals surface area contributed by atoms with Crippen LogP contribution in [0.15, 0.2) is 60.7 Å². The smallest absolute Gasteiger partial charge is 0.0721 e. The first-order valence-corrected chi connectivity index (χ1v) is 8.21. The lowest BCUT2D eigenvalue weighted by Crippen LogP contribution is -2.11. The van der Waals surface area contributed by atoms with Gasteiger partial charge in [0, 0.05) is 5.92 Å². The van der Waals surface area contributed by atoms with E-state index in [-0.39, 0.29) is 6.10 Å². The Hall–Kier alpha value is -1.86. The summed E-state index contributed by atoms with van der Waals surface area (Å²) < 4.78 is 0. The first kappa shape index (κ1) is 15.1. The zero-order valence-electron chi connectivity index (χ0n) is 13.2. The molecule has 2 atom stereocenters. The summed E-state index contributed by atoms with van der Waals surface area (Å²) in [5.41, 5.74) is 5.48. The van der Waals surface area contributed by atoms with E-state index in [9.17, 15) is 5.11 Å². The Morgan fingerprint density at radius 2 is 1.41 bits per heavy atom. The van der Waals surface area contributed by atoms with Crippen LogP contribution >= 0.6 is 0 Å². The molecule has 0 saturated heterocycles. The van der Waals surface area contributed by atoms with Crippen molar-refractivity contribution in [2.24, 2.45) is 0 Å². The molecule has 1 N–H and O–H groups in total. The Kier molecular flexibility index (Phi) is 4.74. The van der Waals surface area contributed by atoms with Crippen molar-refractivity contribution in [3.63, 3.8) is 0 Å². The van der Waals surface area contributed by atoms with E-state index in [0.29, 0.717) is 5.92 Å². The van der Waals surface area contributed by atoms with Gasteiger partial charge < -0.3 is 5.11 Å². The molecule has 1 heteroatoms. The monoisotopic (exact) mass is 292 g/mol.